The molecule has 0 aliphatic carbocycles. The van der Waals surface area contributed by atoms with Crippen LogP contribution in [0.1, 0.15) is 24.1 Å². The van der Waals surface area contributed by atoms with Crippen LogP contribution < -0.4 is 10.6 Å². The zero-order valence-electron chi connectivity index (χ0n) is 18.9. The summed E-state index contributed by atoms with van der Waals surface area (Å²) in [5, 5.41) is 2.62. The molecule has 0 radical (unpaired) electrons. The SMILES string of the molecule is CN(CCOc1ccc(C#Cc2ccc(-c3ccc(Cl)cc3)cn2)cc1)C1CCN(N)CC1. The van der Waals surface area contributed by atoms with Crippen molar-refractivity contribution in [3.63, 3.8) is 0 Å². The Balaban J connectivity index is 1.26. The van der Waals surface area contributed by atoms with E-state index in [2.05, 4.69) is 28.8 Å². The summed E-state index contributed by atoms with van der Waals surface area (Å²) in [5.41, 5.74) is 3.77. The van der Waals surface area contributed by atoms with Gasteiger partial charge in [-0.25, -0.2) is 9.99 Å². The third-order valence-electron chi connectivity index (χ3n) is 5.97. The third-order valence-corrected chi connectivity index (χ3v) is 6.22. The zero-order chi connectivity index (χ0) is 23.0. The number of nitrogens with zero attached hydrogens (tertiary/aromatic N) is 3. The number of hydrogen-bond acceptors (Lipinski definition) is 5. The molecular weight excluding hydrogens is 432 g/mol. The summed E-state index contributed by atoms with van der Waals surface area (Å²) in [7, 11) is 2.16. The Labute approximate surface area is 201 Å². The van der Waals surface area contributed by atoms with Gasteiger partial charge in [-0.2, -0.15) is 0 Å². The van der Waals surface area contributed by atoms with Gasteiger partial charge in [-0.05, 0) is 73.8 Å². The van der Waals surface area contributed by atoms with Crippen molar-refractivity contribution in [1.29, 1.82) is 0 Å². The van der Waals surface area contributed by atoms with Crippen LogP contribution in [0.25, 0.3) is 11.1 Å². The first kappa shape index (κ1) is 23.3. The molecule has 0 saturated carbocycles. The number of piperidine rings is 1. The minimum absolute atomic E-state index is 0.583. The van der Waals surface area contributed by atoms with E-state index in [9.17, 15) is 0 Å². The molecule has 0 unspecified atom stereocenters. The van der Waals surface area contributed by atoms with Gasteiger partial charge in [0.2, 0.25) is 0 Å². The van der Waals surface area contributed by atoms with Crippen molar-refractivity contribution >= 4 is 11.6 Å². The van der Waals surface area contributed by atoms with Crippen molar-refractivity contribution in [3.05, 3.63) is 83.1 Å². The van der Waals surface area contributed by atoms with Crippen LogP contribution in [0, 0.1) is 11.8 Å². The smallest absolute Gasteiger partial charge is 0.119 e. The summed E-state index contributed by atoms with van der Waals surface area (Å²) in [6, 6.07) is 20.1. The first-order valence-corrected chi connectivity index (χ1v) is 11.6. The Kier molecular flexibility index (Phi) is 7.98. The van der Waals surface area contributed by atoms with Crippen LogP contribution in [0.4, 0.5) is 0 Å². The summed E-state index contributed by atoms with van der Waals surface area (Å²) in [6.07, 6.45) is 4.05. The van der Waals surface area contributed by atoms with Gasteiger partial charge in [-0.15, -0.1) is 0 Å². The molecule has 1 aliphatic heterocycles. The average molecular weight is 461 g/mol. The molecular formula is C27H29ClN4O. The lowest BCUT2D eigenvalue weighted by Crippen LogP contribution is -2.46. The van der Waals surface area contributed by atoms with Crippen LogP contribution in [0.3, 0.4) is 0 Å². The number of likely N-dealkylation sites (N-methyl/N-ethyl adjacent to an activating group) is 1. The highest BCUT2D eigenvalue weighted by Crippen LogP contribution is 2.21. The molecule has 2 N–H and O–H groups in total. The molecule has 0 bridgehead atoms. The summed E-state index contributed by atoms with van der Waals surface area (Å²) in [5.74, 6) is 13.0. The molecule has 0 spiro atoms. The fourth-order valence-electron chi connectivity index (χ4n) is 3.87. The van der Waals surface area contributed by atoms with E-state index in [0.717, 1.165) is 65.6 Å². The summed E-state index contributed by atoms with van der Waals surface area (Å²) >= 11 is 5.96. The molecule has 33 heavy (non-hydrogen) atoms. The van der Waals surface area contributed by atoms with E-state index in [0.29, 0.717) is 12.6 Å². The molecule has 5 nitrogen and oxygen atoms in total. The number of ether oxygens (including phenoxy) is 1. The highest BCUT2D eigenvalue weighted by Gasteiger charge is 2.20. The molecule has 2 aromatic carbocycles. The van der Waals surface area contributed by atoms with E-state index in [4.69, 9.17) is 22.2 Å². The summed E-state index contributed by atoms with van der Waals surface area (Å²) in [6.45, 7) is 3.48. The second kappa shape index (κ2) is 11.3. The maximum absolute atomic E-state index is 5.96. The van der Waals surface area contributed by atoms with Crippen molar-refractivity contribution in [3.8, 4) is 28.7 Å². The van der Waals surface area contributed by atoms with Gasteiger partial charge in [0.25, 0.3) is 0 Å². The van der Waals surface area contributed by atoms with Gasteiger partial charge in [0, 0.05) is 48.0 Å². The number of hydrogen-bond donors (Lipinski definition) is 1. The Bertz CT molecular complexity index is 1080. The number of aromatic nitrogens is 1. The third kappa shape index (κ3) is 6.80. The van der Waals surface area contributed by atoms with Crippen LogP contribution in [0.2, 0.25) is 5.02 Å². The molecule has 6 heteroatoms. The van der Waals surface area contributed by atoms with E-state index < -0.39 is 0 Å². The fourth-order valence-corrected chi connectivity index (χ4v) is 3.99. The zero-order valence-corrected chi connectivity index (χ0v) is 19.6. The van der Waals surface area contributed by atoms with E-state index in [1.807, 2.05) is 71.9 Å². The Morgan fingerprint density at radius 1 is 1.00 bits per heavy atom. The normalized spacial score (nSPS) is 14.7. The number of rotatable bonds is 6. The van der Waals surface area contributed by atoms with Crippen LogP contribution in [0.15, 0.2) is 66.9 Å². The molecule has 1 saturated heterocycles. The van der Waals surface area contributed by atoms with E-state index in [1.165, 1.54) is 0 Å². The van der Waals surface area contributed by atoms with Crippen LogP contribution in [-0.4, -0.2) is 54.2 Å². The van der Waals surface area contributed by atoms with E-state index in [1.54, 1.807) is 0 Å². The lowest BCUT2D eigenvalue weighted by atomic mass is 10.1. The Hall–Kier alpha value is -2.88. The Morgan fingerprint density at radius 2 is 1.70 bits per heavy atom. The van der Waals surface area contributed by atoms with Crippen molar-refractivity contribution < 1.29 is 4.74 Å². The van der Waals surface area contributed by atoms with Gasteiger partial charge in [0.1, 0.15) is 18.1 Å². The van der Waals surface area contributed by atoms with Gasteiger partial charge in [-0.1, -0.05) is 35.7 Å². The number of hydrazine groups is 1. The monoisotopic (exact) mass is 460 g/mol. The first-order valence-electron chi connectivity index (χ1n) is 11.2. The molecule has 3 aromatic rings. The van der Waals surface area contributed by atoms with Gasteiger partial charge in [0.05, 0.1) is 0 Å². The van der Waals surface area contributed by atoms with Crippen molar-refractivity contribution in [1.82, 2.24) is 14.9 Å². The second-order valence-electron chi connectivity index (χ2n) is 8.31. The van der Waals surface area contributed by atoms with Gasteiger partial charge >= 0.3 is 0 Å². The predicted molar refractivity (Wildman–Crippen MR) is 134 cm³/mol. The standard InChI is InChI=1S/C27H29ClN4O/c1-31(26-14-16-32(29)17-15-26)18-19-33-27-12-3-21(4-13-27)2-10-25-11-7-23(20-30-25)22-5-8-24(28)9-6-22/h3-9,11-13,20,26H,14-19,29H2,1H3. The maximum atomic E-state index is 5.96. The predicted octanol–water partition coefficient (Wildman–Crippen LogP) is 4.45. The minimum Gasteiger partial charge on any atom is -0.492 e. The molecule has 1 aliphatic rings. The van der Waals surface area contributed by atoms with Crippen LogP contribution in [-0.2, 0) is 0 Å². The van der Waals surface area contributed by atoms with Crippen molar-refractivity contribution in [2.45, 2.75) is 18.9 Å². The number of halogens is 1. The van der Waals surface area contributed by atoms with E-state index in [-0.39, 0.29) is 0 Å². The topological polar surface area (TPSA) is 54.6 Å². The highest BCUT2D eigenvalue weighted by molar-refractivity contribution is 6.30. The van der Waals surface area contributed by atoms with Crippen molar-refractivity contribution in [2.24, 2.45) is 5.84 Å². The first-order chi connectivity index (χ1) is 16.1. The molecule has 170 valence electrons. The highest BCUT2D eigenvalue weighted by atomic mass is 35.5. The average Bonchev–Trinajstić information content (AvgIpc) is 2.85. The van der Waals surface area contributed by atoms with E-state index >= 15 is 0 Å². The van der Waals surface area contributed by atoms with Crippen LogP contribution >= 0.6 is 11.6 Å². The maximum Gasteiger partial charge on any atom is 0.119 e. The number of benzene rings is 2. The molecule has 0 amide bonds. The lowest BCUT2D eigenvalue weighted by Gasteiger charge is -2.34. The molecule has 1 aromatic heterocycles. The minimum atomic E-state index is 0.583. The molecule has 0 atom stereocenters. The summed E-state index contributed by atoms with van der Waals surface area (Å²) < 4.78 is 5.92. The lowest BCUT2D eigenvalue weighted by molar-refractivity contribution is 0.115. The Morgan fingerprint density at radius 3 is 2.36 bits per heavy atom. The molecule has 4 rings (SSSR count). The van der Waals surface area contributed by atoms with Crippen molar-refractivity contribution in [2.75, 3.05) is 33.3 Å². The second-order valence-corrected chi connectivity index (χ2v) is 8.75. The number of nitrogens with two attached hydrogens (primary N) is 1. The fraction of sp³-hybridized carbons (Fsp3) is 0.296. The quantitative estimate of drug-likeness (QED) is 0.435. The van der Waals surface area contributed by atoms with Gasteiger partial charge < -0.3 is 4.74 Å². The number of pyridine rings is 1. The van der Waals surface area contributed by atoms with Gasteiger partial charge in [-0.3, -0.25) is 10.7 Å². The van der Waals surface area contributed by atoms with Gasteiger partial charge in [0.15, 0.2) is 0 Å². The molecule has 2 heterocycles. The van der Waals surface area contributed by atoms with Crippen LogP contribution in [0.5, 0.6) is 5.75 Å². The molecule has 1 fully saturated rings. The largest absolute Gasteiger partial charge is 0.492 e. The summed E-state index contributed by atoms with van der Waals surface area (Å²) in [4.78, 5) is 6.84.